The number of alkyl halides is 17. The zero-order chi connectivity index (χ0) is 33.1. The topological polar surface area (TPSA) is 27.7 Å². The molecule has 0 fully saturated rings. The molecule has 0 heterocycles. The van der Waals surface area contributed by atoms with Crippen LogP contribution in [0.15, 0.2) is 29.2 Å². The maximum absolute atomic E-state index is 14.0. The normalized spacial score (nSPS) is 14.8. The number of benzene rings is 1. The molecule has 0 unspecified atom stereocenters. The lowest BCUT2D eigenvalue weighted by Gasteiger charge is -2.42. The van der Waals surface area contributed by atoms with Gasteiger partial charge in [0.2, 0.25) is 0 Å². The van der Waals surface area contributed by atoms with E-state index in [4.69, 9.17) is 14.2 Å². The van der Waals surface area contributed by atoms with Gasteiger partial charge in [-0.25, -0.2) is 0 Å². The van der Waals surface area contributed by atoms with E-state index in [9.17, 15) is 74.6 Å². The van der Waals surface area contributed by atoms with E-state index >= 15 is 0 Å². The average molecular weight is 674 g/mol. The largest absolute Gasteiger partial charge is 0.491 e. The standard InChI is InChI=1S/C21H19F17O3S/c1-39-7-8-40-9-10-41-12-2-4-13(5-3-12)42-11-6-14(22,23)15(24,25)16(26,27)17(28,29)18(30,31)19(32,33)20(34,35)21(36,37)38/h2-5H,6-11H2,1H3. The fourth-order valence-corrected chi connectivity index (χ4v) is 3.67. The Morgan fingerprint density at radius 3 is 1.43 bits per heavy atom. The minimum atomic E-state index is -8.63. The molecule has 0 aliphatic rings. The Bertz CT molecular complexity index is 997. The Morgan fingerprint density at radius 1 is 0.548 bits per heavy atom. The summed E-state index contributed by atoms with van der Waals surface area (Å²) in [4.78, 5) is -0.0320. The van der Waals surface area contributed by atoms with Crippen LogP contribution in [-0.2, 0) is 9.47 Å². The monoisotopic (exact) mass is 674 g/mol. The van der Waals surface area contributed by atoms with E-state index in [1.807, 2.05) is 0 Å². The Kier molecular flexibility index (Phi) is 11.8. The first-order valence-electron chi connectivity index (χ1n) is 10.9. The molecule has 21 heteroatoms. The van der Waals surface area contributed by atoms with Gasteiger partial charge < -0.3 is 14.2 Å². The summed E-state index contributed by atoms with van der Waals surface area (Å²) >= 11 is 0.211. The fourth-order valence-electron chi connectivity index (χ4n) is 2.75. The molecule has 0 N–H and O–H groups in total. The molecule has 246 valence electrons. The third-order valence-corrected chi connectivity index (χ3v) is 6.24. The molecule has 0 atom stereocenters. The van der Waals surface area contributed by atoms with Crippen LogP contribution in [0.2, 0.25) is 0 Å². The van der Waals surface area contributed by atoms with Gasteiger partial charge in [-0.3, -0.25) is 0 Å². The Morgan fingerprint density at radius 2 is 0.976 bits per heavy atom. The molecule has 0 bridgehead atoms. The molecule has 1 rings (SSSR count). The van der Waals surface area contributed by atoms with E-state index in [1.54, 1.807) is 0 Å². The molecular weight excluding hydrogens is 655 g/mol. The molecule has 0 aliphatic heterocycles. The van der Waals surface area contributed by atoms with E-state index in [1.165, 1.54) is 19.2 Å². The van der Waals surface area contributed by atoms with Crippen molar-refractivity contribution in [2.75, 3.05) is 39.3 Å². The van der Waals surface area contributed by atoms with E-state index < -0.39 is 59.8 Å². The molecule has 0 spiro atoms. The van der Waals surface area contributed by atoms with E-state index in [0.717, 1.165) is 12.1 Å². The van der Waals surface area contributed by atoms with Crippen molar-refractivity contribution in [2.24, 2.45) is 0 Å². The highest BCUT2D eigenvalue weighted by Gasteiger charge is 2.95. The molecule has 1 aromatic carbocycles. The van der Waals surface area contributed by atoms with Crippen LogP contribution in [-0.4, -0.2) is 86.9 Å². The predicted octanol–water partition coefficient (Wildman–Crippen LogP) is 8.22. The van der Waals surface area contributed by atoms with Gasteiger partial charge in [0.25, 0.3) is 0 Å². The summed E-state index contributed by atoms with van der Waals surface area (Å²) in [6, 6.07) is 4.71. The van der Waals surface area contributed by atoms with Gasteiger partial charge in [0.05, 0.1) is 19.8 Å². The van der Waals surface area contributed by atoms with E-state index in [2.05, 4.69) is 0 Å². The lowest BCUT2D eigenvalue weighted by atomic mass is 9.88. The van der Waals surface area contributed by atoms with Crippen LogP contribution in [0.25, 0.3) is 0 Å². The molecule has 0 amide bonds. The van der Waals surface area contributed by atoms with Gasteiger partial charge in [-0.05, 0) is 24.3 Å². The molecule has 0 aromatic heterocycles. The maximum Gasteiger partial charge on any atom is 0.460 e. The van der Waals surface area contributed by atoms with Gasteiger partial charge in [0, 0.05) is 24.2 Å². The summed E-state index contributed by atoms with van der Waals surface area (Å²) in [5.74, 6) is -57.4. The van der Waals surface area contributed by atoms with Gasteiger partial charge in [-0.15, -0.1) is 11.8 Å². The van der Waals surface area contributed by atoms with Gasteiger partial charge in [0.15, 0.2) is 0 Å². The average Bonchev–Trinajstić information content (AvgIpc) is 2.85. The number of ether oxygens (including phenoxy) is 3. The van der Waals surface area contributed by atoms with Gasteiger partial charge in [-0.2, -0.15) is 74.6 Å². The number of thioether (sulfide) groups is 1. The highest BCUT2D eigenvalue weighted by Crippen LogP contribution is 2.64. The number of methoxy groups -OCH3 is 1. The van der Waals surface area contributed by atoms with Crippen molar-refractivity contribution in [3.8, 4) is 5.75 Å². The minimum Gasteiger partial charge on any atom is -0.491 e. The first-order valence-corrected chi connectivity index (χ1v) is 11.9. The van der Waals surface area contributed by atoms with Crippen molar-refractivity contribution >= 4 is 11.8 Å². The van der Waals surface area contributed by atoms with Crippen LogP contribution in [0.4, 0.5) is 74.6 Å². The van der Waals surface area contributed by atoms with Crippen LogP contribution < -0.4 is 4.74 Å². The molecule has 0 saturated carbocycles. The van der Waals surface area contributed by atoms with E-state index in [-0.39, 0.29) is 42.2 Å². The molecule has 42 heavy (non-hydrogen) atoms. The first-order chi connectivity index (χ1) is 18.8. The third kappa shape index (κ3) is 7.07. The number of hydrogen-bond donors (Lipinski definition) is 0. The quantitative estimate of drug-likeness (QED) is 0.0947. The van der Waals surface area contributed by atoms with Crippen LogP contribution in [0.1, 0.15) is 6.42 Å². The second-order valence-corrected chi connectivity index (χ2v) is 9.34. The second kappa shape index (κ2) is 13.0. The SMILES string of the molecule is COCCOCCOc1ccc(SCCC(F)(F)C(F)(F)C(F)(F)C(F)(F)C(F)(F)C(F)(F)C(F)(F)C(F)(F)F)cc1. The number of hydrogen-bond acceptors (Lipinski definition) is 4. The Balaban J connectivity index is 3.02. The third-order valence-electron chi connectivity index (χ3n) is 5.22. The number of rotatable bonds is 17. The maximum atomic E-state index is 14.0. The van der Waals surface area contributed by atoms with Crippen molar-refractivity contribution in [3.05, 3.63) is 24.3 Å². The van der Waals surface area contributed by atoms with Crippen molar-refractivity contribution in [1.82, 2.24) is 0 Å². The first kappa shape index (κ1) is 38.1. The zero-order valence-corrected chi connectivity index (χ0v) is 21.4. The molecule has 1 aromatic rings. The van der Waals surface area contributed by atoms with Crippen molar-refractivity contribution in [3.63, 3.8) is 0 Å². The van der Waals surface area contributed by atoms with Gasteiger partial charge >= 0.3 is 47.6 Å². The highest BCUT2D eigenvalue weighted by molar-refractivity contribution is 7.99. The van der Waals surface area contributed by atoms with E-state index in [0.29, 0.717) is 6.61 Å². The lowest BCUT2D eigenvalue weighted by Crippen LogP contribution is -2.74. The summed E-state index contributed by atoms with van der Waals surface area (Å²) in [6.45, 7) is 0.724. The predicted molar refractivity (Wildman–Crippen MR) is 111 cm³/mol. The fraction of sp³-hybridized carbons (Fsp3) is 0.714. The summed E-state index contributed by atoms with van der Waals surface area (Å²) in [5.41, 5.74) is 0. The molecule has 0 radical (unpaired) electrons. The van der Waals surface area contributed by atoms with Crippen LogP contribution >= 0.6 is 11.8 Å². The minimum absolute atomic E-state index is 0.0320. The lowest BCUT2D eigenvalue weighted by molar-refractivity contribution is -0.461. The Labute approximate surface area is 229 Å². The van der Waals surface area contributed by atoms with Gasteiger partial charge in [-0.1, -0.05) is 0 Å². The smallest absolute Gasteiger partial charge is 0.460 e. The van der Waals surface area contributed by atoms with Crippen LogP contribution in [0, 0.1) is 0 Å². The van der Waals surface area contributed by atoms with Crippen molar-refractivity contribution in [2.45, 2.75) is 59.0 Å². The molecule has 3 nitrogen and oxygen atoms in total. The molecule has 0 aliphatic carbocycles. The summed E-state index contributed by atoms with van der Waals surface area (Å²) < 4.78 is 241. The zero-order valence-electron chi connectivity index (χ0n) is 20.6. The molecular formula is C21H19F17O3S. The highest BCUT2D eigenvalue weighted by atomic mass is 32.2. The van der Waals surface area contributed by atoms with Crippen molar-refractivity contribution < 1.29 is 88.8 Å². The summed E-state index contributed by atoms with van der Waals surface area (Å²) in [6.07, 6.45) is -10.3. The number of halogens is 17. The summed E-state index contributed by atoms with van der Waals surface area (Å²) in [5, 5.41) is 0. The second-order valence-electron chi connectivity index (χ2n) is 8.17. The molecule has 0 saturated heterocycles. The van der Waals surface area contributed by atoms with Gasteiger partial charge in [0.1, 0.15) is 12.4 Å². The summed E-state index contributed by atoms with van der Waals surface area (Å²) in [7, 11) is 1.43. The van der Waals surface area contributed by atoms with Crippen LogP contribution in [0.3, 0.4) is 0 Å². The Hall–Kier alpha value is -1.90. The van der Waals surface area contributed by atoms with Crippen molar-refractivity contribution in [1.29, 1.82) is 0 Å². The van der Waals surface area contributed by atoms with Crippen LogP contribution in [0.5, 0.6) is 5.75 Å².